The van der Waals surface area contributed by atoms with Crippen molar-refractivity contribution in [1.82, 2.24) is 4.90 Å². The summed E-state index contributed by atoms with van der Waals surface area (Å²) in [6, 6.07) is 0.452. The van der Waals surface area contributed by atoms with Crippen LogP contribution < -0.4 is 0 Å². The summed E-state index contributed by atoms with van der Waals surface area (Å²) in [5, 5.41) is 8.78. The molecule has 1 atom stereocenters. The Kier molecular flexibility index (Phi) is 4.18. The first-order valence-corrected chi connectivity index (χ1v) is 6.36. The van der Waals surface area contributed by atoms with Crippen LogP contribution in [0.25, 0.3) is 0 Å². The first-order chi connectivity index (χ1) is 7.83. The van der Waals surface area contributed by atoms with Gasteiger partial charge in [-0.3, -0.25) is 4.79 Å². The van der Waals surface area contributed by atoms with Gasteiger partial charge in [0.15, 0.2) is 0 Å². The lowest BCUT2D eigenvalue weighted by atomic mass is 10.1. The summed E-state index contributed by atoms with van der Waals surface area (Å²) in [4.78, 5) is 14.2. The molecule has 0 aromatic rings. The van der Waals surface area contributed by atoms with Crippen molar-refractivity contribution in [3.63, 3.8) is 0 Å². The van der Waals surface area contributed by atoms with Gasteiger partial charge in [0.1, 0.15) is 6.10 Å². The van der Waals surface area contributed by atoms with E-state index in [2.05, 4.69) is 0 Å². The predicted molar refractivity (Wildman–Crippen MR) is 60.0 cm³/mol. The minimum Gasteiger partial charge on any atom is -0.396 e. The summed E-state index contributed by atoms with van der Waals surface area (Å²) >= 11 is 0. The SMILES string of the molecule is O=C1C(CCCO)OCCN1C1CCCC1. The number of morpholine rings is 1. The molecule has 0 aromatic carbocycles. The van der Waals surface area contributed by atoms with E-state index in [4.69, 9.17) is 9.84 Å². The third-order valence-corrected chi connectivity index (χ3v) is 3.60. The highest BCUT2D eigenvalue weighted by Crippen LogP contribution is 2.26. The molecule has 0 aromatic heterocycles. The molecule has 1 N–H and O–H groups in total. The van der Waals surface area contributed by atoms with E-state index < -0.39 is 0 Å². The lowest BCUT2D eigenvalue weighted by Crippen LogP contribution is -2.51. The molecule has 2 aliphatic rings. The smallest absolute Gasteiger partial charge is 0.252 e. The van der Waals surface area contributed by atoms with Crippen LogP contribution in [-0.4, -0.2) is 47.8 Å². The maximum absolute atomic E-state index is 12.1. The van der Waals surface area contributed by atoms with Gasteiger partial charge in [0, 0.05) is 19.2 Å². The maximum atomic E-state index is 12.1. The number of aliphatic hydroxyl groups is 1. The zero-order valence-electron chi connectivity index (χ0n) is 9.73. The van der Waals surface area contributed by atoms with Gasteiger partial charge >= 0.3 is 0 Å². The Balaban J connectivity index is 1.90. The van der Waals surface area contributed by atoms with Crippen molar-refractivity contribution in [2.24, 2.45) is 0 Å². The molecule has 92 valence electrons. The summed E-state index contributed by atoms with van der Waals surface area (Å²) in [5.74, 6) is 0.145. The predicted octanol–water partition coefficient (Wildman–Crippen LogP) is 0.929. The van der Waals surface area contributed by atoms with Gasteiger partial charge in [0.05, 0.1) is 6.61 Å². The first kappa shape index (κ1) is 11.9. The minimum atomic E-state index is -0.304. The summed E-state index contributed by atoms with van der Waals surface area (Å²) < 4.78 is 5.48. The van der Waals surface area contributed by atoms with Gasteiger partial charge < -0.3 is 14.7 Å². The van der Waals surface area contributed by atoms with Crippen molar-refractivity contribution in [3.05, 3.63) is 0 Å². The van der Waals surface area contributed by atoms with E-state index in [1.807, 2.05) is 4.90 Å². The quantitative estimate of drug-likeness (QED) is 0.777. The molecule has 4 nitrogen and oxygen atoms in total. The summed E-state index contributed by atoms with van der Waals surface area (Å²) in [5.41, 5.74) is 0. The molecule has 1 saturated heterocycles. The molecule has 16 heavy (non-hydrogen) atoms. The molecule has 2 rings (SSSR count). The van der Waals surface area contributed by atoms with E-state index in [1.54, 1.807) is 0 Å². The molecule has 0 spiro atoms. The number of carbonyl (C=O) groups is 1. The molecule has 1 saturated carbocycles. The summed E-state index contributed by atoms with van der Waals surface area (Å²) in [6.07, 6.45) is 5.79. The Morgan fingerprint density at radius 3 is 2.81 bits per heavy atom. The molecular formula is C12H21NO3. The van der Waals surface area contributed by atoms with E-state index in [1.165, 1.54) is 12.8 Å². The van der Waals surface area contributed by atoms with Crippen LogP contribution in [0.5, 0.6) is 0 Å². The van der Waals surface area contributed by atoms with Crippen molar-refractivity contribution in [2.45, 2.75) is 50.7 Å². The second-order valence-corrected chi connectivity index (χ2v) is 4.70. The largest absolute Gasteiger partial charge is 0.396 e. The number of hydrogen-bond acceptors (Lipinski definition) is 3. The first-order valence-electron chi connectivity index (χ1n) is 6.36. The Bertz CT molecular complexity index is 238. The van der Waals surface area contributed by atoms with Crippen LogP contribution in [-0.2, 0) is 9.53 Å². The number of carbonyl (C=O) groups excluding carboxylic acids is 1. The molecule has 2 fully saturated rings. The Hall–Kier alpha value is -0.610. The normalized spacial score (nSPS) is 27.7. The van der Waals surface area contributed by atoms with Gasteiger partial charge in [-0.1, -0.05) is 12.8 Å². The van der Waals surface area contributed by atoms with Crippen molar-refractivity contribution >= 4 is 5.91 Å². The summed E-state index contributed by atoms with van der Waals surface area (Å²) in [6.45, 7) is 1.54. The number of amides is 1. The molecule has 4 heteroatoms. The van der Waals surface area contributed by atoms with Crippen LogP contribution in [0, 0.1) is 0 Å². The highest BCUT2D eigenvalue weighted by molar-refractivity contribution is 5.81. The number of aliphatic hydroxyl groups excluding tert-OH is 1. The van der Waals surface area contributed by atoms with Crippen LogP contribution in [0.15, 0.2) is 0 Å². The van der Waals surface area contributed by atoms with Crippen molar-refractivity contribution in [2.75, 3.05) is 19.8 Å². The maximum Gasteiger partial charge on any atom is 0.252 e. The third kappa shape index (κ3) is 2.55. The second-order valence-electron chi connectivity index (χ2n) is 4.70. The monoisotopic (exact) mass is 227 g/mol. The van der Waals surface area contributed by atoms with E-state index in [0.29, 0.717) is 25.5 Å². The standard InChI is InChI=1S/C12H21NO3/c14-8-3-6-11-12(15)13(7-9-16-11)10-4-1-2-5-10/h10-11,14H,1-9H2. The number of ether oxygens (including phenoxy) is 1. The number of hydrogen-bond donors (Lipinski definition) is 1. The van der Waals surface area contributed by atoms with Gasteiger partial charge in [-0.05, 0) is 25.7 Å². The van der Waals surface area contributed by atoms with E-state index in [-0.39, 0.29) is 18.6 Å². The van der Waals surface area contributed by atoms with Gasteiger partial charge in [0.25, 0.3) is 5.91 Å². The molecule has 1 heterocycles. The molecule has 1 aliphatic carbocycles. The van der Waals surface area contributed by atoms with E-state index in [9.17, 15) is 4.79 Å². The van der Waals surface area contributed by atoms with Gasteiger partial charge in [-0.15, -0.1) is 0 Å². The zero-order valence-corrected chi connectivity index (χ0v) is 9.73. The fourth-order valence-corrected chi connectivity index (χ4v) is 2.72. The number of rotatable bonds is 4. The second kappa shape index (κ2) is 5.64. The van der Waals surface area contributed by atoms with Crippen LogP contribution in [0.3, 0.4) is 0 Å². The van der Waals surface area contributed by atoms with Crippen molar-refractivity contribution in [3.8, 4) is 0 Å². The molecule has 0 radical (unpaired) electrons. The molecular weight excluding hydrogens is 206 g/mol. The van der Waals surface area contributed by atoms with Crippen LogP contribution in [0.4, 0.5) is 0 Å². The fourth-order valence-electron chi connectivity index (χ4n) is 2.72. The lowest BCUT2D eigenvalue weighted by molar-refractivity contribution is -0.156. The van der Waals surface area contributed by atoms with Crippen molar-refractivity contribution in [1.29, 1.82) is 0 Å². The van der Waals surface area contributed by atoms with Crippen LogP contribution in [0.1, 0.15) is 38.5 Å². The summed E-state index contributed by atoms with van der Waals surface area (Å²) in [7, 11) is 0. The van der Waals surface area contributed by atoms with Crippen molar-refractivity contribution < 1.29 is 14.6 Å². The highest BCUT2D eigenvalue weighted by Gasteiger charge is 2.34. The van der Waals surface area contributed by atoms with E-state index >= 15 is 0 Å². The average Bonchev–Trinajstić information content (AvgIpc) is 2.81. The Morgan fingerprint density at radius 2 is 2.12 bits per heavy atom. The highest BCUT2D eigenvalue weighted by atomic mass is 16.5. The Labute approximate surface area is 96.6 Å². The topological polar surface area (TPSA) is 49.8 Å². The molecule has 1 amide bonds. The van der Waals surface area contributed by atoms with Crippen LogP contribution >= 0.6 is 0 Å². The Morgan fingerprint density at radius 1 is 1.38 bits per heavy atom. The lowest BCUT2D eigenvalue weighted by Gasteiger charge is -2.36. The van der Waals surface area contributed by atoms with Crippen LogP contribution in [0.2, 0.25) is 0 Å². The molecule has 1 aliphatic heterocycles. The van der Waals surface area contributed by atoms with Gasteiger partial charge in [0.2, 0.25) is 0 Å². The molecule has 0 bridgehead atoms. The van der Waals surface area contributed by atoms with Gasteiger partial charge in [-0.2, -0.15) is 0 Å². The zero-order chi connectivity index (χ0) is 11.4. The average molecular weight is 227 g/mol. The molecule has 1 unspecified atom stereocenters. The third-order valence-electron chi connectivity index (χ3n) is 3.60. The van der Waals surface area contributed by atoms with Gasteiger partial charge in [-0.25, -0.2) is 0 Å². The van der Waals surface area contributed by atoms with E-state index in [0.717, 1.165) is 19.4 Å². The minimum absolute atomic E-state index is 0.135. The number of nitrogens with zero attached hydrogens (tertiary/aromatic N) is 1. The fraction of sp³-hybridized carbons (Fsp3) is 0.917.